The van der Waals surface area contributed by atoms with E-state index in [0.717, 1.165) is 16.8 Å². The third-order valence-electron chi connectivity index (χ3n) is 4.98. The number of hydrogen-bond donors (Lipinski definition) is 0. The Balaban J connectivity index is 1.54. The molecule has 0 aliphatic carbocycles. The van der Waals surface area contributed by atoms with Gasteiger partial charge in [0.1, 0.15) is 0 Å². The Morgan fingerprint density at radius 2 is 1.97 bits per heavy atom. The summed E-state index contributed by atoms with van der Waals surface area (Å²) in [4.78, 5) is 18.8. The molecule has 0 N–H and O–H groups in total. The van der Waals surface area contributed by atoms with E-state index in [4.69, 9.17) is 14.0 Å². The first-order valence-corrected chi connectivity index (χ1v) is 9.61. The van der Waals surface area contributed by atoms with E-state index in [0.29, 0.717) is 42.8 Å². The average Bonchev–Trinajstić information content (AvgIpc) is 3.36. The van der Waals surface area contributed by atoms with Gasteiger partial charge in [0, 0.05) is 24.2 Å². The van der Waals surface area contributed by atoms with Crippen LogP contribution in [0.4, 0.5) is 5.69 Å². The van der Waals surface area contributed by atoms with E-state index in [-0.39, 0.29) is 11.8 Å². The highest BCUT2D eigenvalue weighted by Gasteiger charge is 2.35. The quantitative estimate of drug-likeness (QED) is 0.631. The van der Waals surface area contributed by atoms with E-state index in [1.165, 1.54) is 0 Å². The van der Waals surface area contributed by atoms with Crippen LogP contribution in [0.2, 0.25) is 0 Å². The highest BCUT2D eigenvalue weighted by Crippen LogP contribution is 2.34. The van der Waals surface area contributed by atoms with Gasteiger partial charge in [-0.25, -0.2) is 0 Å². The highest BCUT2D eigenvalue weighted by atomic mass is 16.5. The molecule has 1 saturated heterocycles. The average molecular weight is 393 g/mol. The normalized spacial score (nSPS) is 16.3. The molecule has 7 heteroatoms. The molecule has 4 rings (SSSR count). The lowest BCUT2D eigenvalue weighted by atomic mass is 10.1. The first-order valence-electron chi connectivity index (χ1n) is 9.61. The lowest BCUT2D eigenvalue weighted by Crippen LogP contribution is -2.24. The summed E-state index contributed by atoms with van der Waals surface area (Å²) in [6.07, 6.45) is 0.349. The Bertz CT molecular complexity index is 1010. The molecule has 1 atom stereocenters. The van der Waals surface area contributed by atoms with Crippen LogP contribution in [0.1, 0.15) is 30.7 Å². The lowest BCUT2D eigenvalue weighted by Gasteiger charge is -2.16. The van der Waals surface area contributed by atoms with Crippen molar-refractivity contribution in [3.63, 3.8) is 0 Å². The van der Waals surface area contributed by atoms with Crippen LogP contribution in [0.25, 0.3) is 11.4 Å². The molecule has 150 valence electrons. The maximum Gasteiger partial charge on any atom is 0.232 e. The molecule has 29 heavy (non-hydrogen) atoms. The van der Waals surface area contributed by atoms with Gasteiger partial charge < -0.3 is 18.9 Å². The molecule has 1 amide bonds. The number of benzene rings is 2. The Morgan fingerprint density at radius 3 is 2.69 bits per heavy atom. The van der Waals surface area contributed by atoms with Crippen molar-refractivity contribution in [1.82, 2.24) is 10.1 Å². The zero-order chi connectivity index (χ0) is 20.4. The van der Waals surface area contributed by atoms with Gasteiger partial charge in [0.2, 0.25) is 17.6 Å². The third kappa shape index (κ3) is 3.81. The second kappa shape index (κ2) is 7.95. The van der Waals surface area contributed by atoms with E-state index in [2.05, 4.69) is 10.1 Å². The van der Waals surface area contributed by atoms with Crippen molar-refractivity contribution in [2.75, 3.05) is 25.2 Å². The monoisotopic (exact) mass is 393 g/mol. The molecule has 0 radical (unpaired) electrons. The summed E-state index contributed by atoms with van der Waals surface area (Å²) in [5, 5.41) is 4.10. The van der Waals surface area contributed by atoms with E-state index in [1.807, 2.05) is 56.3 Å². The van der Waals surface area contributed by atoms with Crippen LogP contribution in [0.15, 0.2) is 47.0 Å². The van der Waals surface area contributed by atoms with Gasteiger partial charge in [-0.05, 0) is 44.2 Å². The summed E-state index contributed by atoms with van der Waals surface area (Å²) >= 11 is 0. The smallest absolute Gasteiger partial charge is 0.232 e. The molecule has 0 spiro atoms. The number of rotatable bonds is 6. The molecule has 2 aromatic carbocycles. The molecule has 0 saturated carbocycles. The number of amides is 1. The summed E-state index contributed by atoms with van der Waals surface area (Å²) < 4.78 is 16.4. The SMILES string of the molecule is CCOc1ccc(-c2noc(C3CC(=O)N(c4ccc(C)cc4)C3)n2)cc1OC. The fourth-order valence-electron chi connectivity index (χ4n) is 3.45. The molecule has 1 unspecified atom stereocenters. The van der Waals surface area contributed by atoms with Crippen LogP contribution in [0.3, 0.4) is 0 Å². The van der Waals surface area contributed by atoms with Gasteiger partial charge in [-0.1, -0.05) is 22.9 Å². The van der Waals surface area contributed by atoms with E-state index in [9.17, 15) is 4.79 Å². The second-order valence-corrected chi connectivity index (χ2v) is 7.00. The largest absolute Gasteiger partial charge is 0.493 e. The predicted octanol–water partition coefficient (Wildman–Crippen LogP) is 3.97. The second-order valence-electron chi connectivity index (χ2n) is 7.00. The zero-order valence-corrected chi connectivity index (χ0v) is 16.7. The van der Waals surface area contributed by atoms with Gasteiger partial charge >= 0.3 is 0 Å². The standard InChI is InChI=1S/C22H23N3O4/c1-4-28-18-10-7-15(11-19(18)27-3)21-23-22(29-24-21)16-12-20(26)25(13-16)17-8-5-14(2)6-9-17/h5-11,16H,4,12-13H2,1-3H3. The number of carbonyl (C=O) groups excluding carboxylic acids is 1. The van der Waals surface area contributed by atoms with Gasteiger partial charge in [0.25, 0.3) is 0 Å². The van der Waals surface area contributed by atoms with Crippen LogP contribution in [-0.2, 0) is 4.79 Å². The minimum absolute atomic E-state index is 0.0568. The van der Waals surface area contributed by atoms with Gasteiger partial charge in [0.15, 0.2) is 11.5 Å². The van der Waals surface area contributed by atoms with Crippen molar-refractivity contribution >= 4 is 11.6 Å². The van der Waals surface area contributed by atoms with Crippen LogP contribution in [-0.4, -0.2) is 36.3 Å². The first-order chi connectivity index (χ1) is 14.1. The van der Waals surface area contributed by atoms with Crippen LogP contribution in [0.5, 0.6) is 11.5 Å². The summed E-state index contributed by atoms with van der Waals surface area (Å²) in [6.45, 7) is 5.02. The number of ether oxygens (including phenoxy) is 2. The summed E-state index contributed by atoms with van der Waals surface area (Å²) in [7, 11) is 1.59. The topological polar surface area (TPSA) is 77.7 Å². The first kappa shape index (κ1) is 19.0. The molecule has 1 aromatic heterocycles. The van der Waals surface area contributed by atoms with Crippen molar-refractivity contribution < 1.29 is 18.8 Å². The number of aryl methyl sites for hydroxylation is 1. The third-order valence-corrected chi connectivity index (χ3v) is 4.98. The van der Waals surface area contributed by atoms with Crippen molar-refractivity contribution in [2.24, 2.45) is 0 Å². The Morgan fingerprint density at radius 1 is 1.17 bits per heavy atom. The molecule has 0 bridgehead atoms. The fraction of sp³-hybridized carbons (Fsp3) is 0.318. The number of aromatic nitrogens is 2. The Kier molecular flexibility index (Phi) is 5.20. The molecule has 1 fully saturated rings. The number of hydrogen-bond acceptors (Lipinski definition) is 6. The fourth-order valence-corrected chi connectivity index (χ4v) is 3.45. The van der Waals surface area contributed by atoms with Crippen molar-refractivity contribution in [2.45, 2.75) is 26.2 Å². The van der Waals surface area contributed by atoms with Gasteiger partial charge in [0.05, 0.1) is 19.6 Å². The lowest BCUT2D eigenvalue weighted by molar-refractivity contribution is -0.117. The summed E-state index contributed by atoms with van der Waals surface area (Å²) in [6, 6.07) is 13.4. The molecule has 7 nitrogen and oxygen atoms in total. The predicted molar refractivity (Wildman–Crippen MR) is 108 cm³/mol. The maximum absolute atomic E-state index is 12.5. The van der Waals surface area contributed by atoms with E-state index >= 15 is 0 Å². The molecule has 1 aliphatic heterocycles. The summed E-state index contributed by atoms with van der Waals surface area (Å²) in [5.41, 5.74) is 2.81. The van der Waals surface area contributed by atoms with Crippen molar-refractivity contribution in [1.29, 1.82) is 0 Å². The molecular weight excluding hydrogens is 370 g/mol. The molecule has 1 aliphatic rings. The van der Waals surface area contributed by atoms with Crippen LogP contribution in [0, 0.1) is 6.92 Å². The number of nitrogens with zero attached hydrogens (tertiary/aromatic N) is 3. The molecule has 2 heterocycles. The maximum atomic E-state index is 12.5. The Hall–Kier alpha value is -3.35. The molecule has 3 aromatic rings. The van der Waals surface area contributed by atoms with Crippen molar-refractivity contribution in [3.8, 4) is 22.9 Å². The van der Waals surface area contributed by atoms with E-state index in [1.54, 1.807) is 12.0 Å². The van der Waals surface area contributed by atoms with Gasteiger partial charge in [-0.15, -0.1) is 0 Å². The minimum atomic E-state index is -0.130. The van der Waals surface area contributed by atoms with Crippen LogP contribution >= 0.6 is 0 Å². The summed E-state index contributed by atoms with van der Waals surface area (Å²) in [5.74, 6) is 2.13. The number of methoxy groups -OCH3 is 1. The van der Waals surface area contributed by atoms with E-state index < -0.39 is 0 Å². The number of carbonyl (C=O) groups is 1. The number of anilines is 1. The minimum Gasteiger partial charge on any atom is -0.493 e. The van der Waals surface area contributed by atoms with Crippen LogP contribution < -0.4 is 14.4 Å². The Labute approximate surface area is 169 Å². The highest BCUT2D eigenvalue weighted by molar-refractivity contribution is 5.96. The van der Waals surface area contributed by atoms with Gasteiger partial charge in [-0.2, -0.15) is 4.98 Å². The van der Waals surface area contributed by atoms with Crippen molar-refractivity contribution in [3.05, 3.63) is 53.9 Å². The zero-order valence-electron chi connectivity index (χ0n) is 16.7. The molecular formula is C22H23N3O4. The van der Waals surface area contributed by atoms with Gasteiger partial charge in [-0.3, -0.25) is 4.79 Å².